The number of carbonyl (C=O) groups excluding carboxylic acids is 1. The number of benzene rings is 2. The first-order valence-corrected chi connectivity index (χ1v) is 9.40. The van der Waals surface area contributed by atoms with Crippen LogP contribution >= 0.6 is 0 Å². The van der Waals surface area contributed by atoms with Gasteiger partial charge in [0, 0.05) is 13.1 Å². The number of anilines is 2. The fourth-order valence-electron chi connectivity index (χ4n) is 3.87. The van der Waals surface area contributed by atoms with E-state index in [0.29, 0.717) is 13.2 Å². The largest absolute Gasteiger partial charge is 0.454 e. The molecule has 2 aromatic carbocycles. The Bertz CT molecular complexity index is 872. The second-order valence-electron chi connectivity index (χ2n) is 7.22. The van der Waals surface area contributed by atoms with Gasteiger partial charge in [-0.3, -0.25) is 4.79 Å². The summed E-state index contributed by atoms with van der Waals surface area (Å²) < 4.78 is 16.3. The fourth-order valence-corrected chi connectivity index (χ4v) is 3.87. The highest BCUT2D eigenvalue weighted by Crippen LogP contribution is 2.51. The quantitative estimate of drug-likeness (QED) is 0.902. The lowest BCUT2D eigenvalue weighted by molar-refractivity contribution is -0.118. The van der Waals surface area contributed by atoms with E-state index in [2.05, 4.69) is 16.3 Å². The van der Waals surface area contributed by atoms with E-state index in [1.54, 1.807) is 0 Å². The predicted molar refractivity (Wildman–Crippen MR) is 102 cm³/mol. The van der Waals surface area contributed by atoms with Gasteiger partial charge < -0.3 is 24.4 Å². The van der Waals surface area contributed by atoms with E-state index in [0.717, 1.165) is 54.4 Å². The van der Waals surface area contributed by atoms with Crippen molar-refractivity contribution in [3.05, 3.63) is 48.0 Å². The summed E-state index contributed by atoms with van der Waals surface area (Å²) in [4.78, 5) is 15.5. The first-order chi connectivity index (χ1) is 13.3. The molecule has 5 rings (SSSR count). The molecule has 0 radical (unpaired) electrons. The third-order valence-corrected chi connectivity index (χ3v) is 5.61. The maximum Gasteiger partial charge on any atom is 0.235 e. The van der Waals surface area contributed by atoms with Gasteiger partial charge in [-0.2, -0.15) is 0 Å². The van der Waals surface area contributed by atoms with E-state index >= 15 is 0 Å². The van der Waals surface area contributed by atoms with Gasteiger partial charge >= 0.3 is 0 Å². The first-order valence-electron chi connectivity index (χ1n) is 9.40. The Kier molecular flexibility index (Phi) is 3.93. The van der Waals surface area contributed by atoms with Crippen molar-refractivity contribution in [1.29, 1.82) is 0 Å². The minimum absolute atomic E-state index is 0.0436. The minimum Gasteiger partial charge on any atom is -0.454 e. The van der Waals surface area contributed by atoms with Crippen LogP contribution in [0.1, 0.15) is 18.4 Å². The Morgan fingerprint density at radius 2 is 1.78 bits per heavy atom. The molecule has 2 aliphatic heterocycles. The molecule has 0 spiro atoms. The summed E-state index contributed by atoms with van der Waals surface area (Å²) >= 11 is 0. The second-order valence-corrected chi connectivity index (χ2v) is 7.22. The van der Waals surface area contributed by atoms with Crippen molar-refractivity contribution in [1.82, 2.24) is 0 Å². The number of hydrogen-bond acceptors (Lipinski definition) is 5. The number of para-hydroxylation sites is 2. The number of nitrogens with zero attached hydrogens (tertiary/aromatic N) is 1. The standard InChI is InChI=1S/C21H22N2O4/c24-20(21(7-8-21)15-5-6-18-19(13-15)27-14-26-18)22-16-3-1-2-4-17(16)23-9-11-25-12-10-23/h1-6,13H,7-12,14H2,(H,22,24). The summed E-state index contributed by atoms with van der Waals surface area (Å²) in [5.41, 5.74) is 2.43. The van der Waals surface area contributed by atoms with Gasteiger partial charge in [-0.1, -0.05) is 18.2 Å². The van der Waals surface area contributed by atoms with Crippen LogP contribution in [-0.2, 0) is 14.9 Å². The zero-order chi connectivity index (χ0) is 18.3. The van der Waals surface area contributed by atoms with Gasteiger partial charge in [0.25, 0.3) is 0 Å². The number of ether oxygens (including phenoxy) is 3. The van der Waals surface area contributed by atoms with E-state index in [-0.39, 0.29) is 12.7 Å². The maximum absolute atomic E-state index is 13.2. The van der Waals surface area contributed by atoms with E-state index in [1.807, 2.05) is 36.4 Å². The molecule has 0 bridgehead atoms. The number of rotatable bonds is 4. The maximum atomic E-state index is 13.2. The molecule has 1 amide bonds. The van der Waals surface area contributed by atoms with E-state index in [1.165, 1.54) is 0 Å². The highest BCUT2D eigenvalue weighted by Gasteiger charge is 2.51. The number of amides is 1. The summed E-state index contributed by atoms with van der Waals surface area (Å²) in [6.45, 7) is 3.33. The van der Waals surface area contributed by atoms with Gasteiger partial charge in [0.15, 0.2) is 11.5 Å². The third-order valence-electron chi connectivity index (χ3n) is 5.61. The van der Waals surface area contributed by atoms with Crippen molar-refractivity contribution in [2.24, 2.45) is 0 Å². The summed E-state index contributed by atoms with van der Waals surface area (Å²) in [5, 5.41) is 3.18. The number of carbonyl (C=O) groups is 1. The number of nitrogens with one attached hydrogen (secondary N) is 1. The average molecular weight is 366 g/mol. The molecule has 1 aliphatic carbocycles. The Hall–Kier alpha value is -2.73. The monoisotopic (exact) mass is 366 g/mol. The smallest absolute Gasteiger partial charge is 0.235 e. The molecule has 2 aromatic rings. The van der Waals surface area contributed by atoms with Crippen LogP contribution in [-0.4, -0.2) is 39.0 Å². The van der Waals surface area contributed by atoms with E-state index in [4.69, 9.17) is 14.2 Å². The normalized spacial score (nSPS) is 19.6. The average Bonchev–Trinajstić information content (AvgIpc) is 3.40. The SMILES string of the molecule is O=C(Nc1ccccc1N1CCOCC1)C1(c2ccc3c(c2)OCO3)CC1. The lowest BCUT2D eigenvalue weighted by Gasteiger charge is -2.31. The lowest BCUT2D eigenvalue weighted by atomic mass is 9.94. The van der Waals surface area contributed by atoms with Crippen LogP contribution in [0.25, 0.3) is 0 Å². The van der Waals surface area contributed by atoms with E-state index in [9.17, 15) is 4.79 Å². The van der Waals surface area contributed by atoms with Crippen molar-refractivity contribution >= 4 is 17.3 Å². The van der Waals surface area contributed by atoms with Crippen LogP contribution in [0.15, 0.2) is 42.5 Å². The predicted octanol–water partition coefficient (Wildman–Crippen LogP) is 2.92. The zero-order valence-corrected chi connectivity index (χ0v) is 15.1. The van der Waals surface area contributed by atoms with Crippen molar-refractivity contribution in [3.8, 4) is 11.5 Å². The van der Waals surface area contributed by atoms with Gasteiger partial charge in [-0.15, -0.1) is 0 Å². The first kappa shape index (κ1) is 16.4. The van der Waals surface area contributed by atoms with Crippen LogP contribution in [0, 0.1) is 0 Å². The number of fused-ring (bicyclic) bond motifs is 1. The van der Waals surface area contributed by atoms with Gasteiger partial charge in [-0.25, -0.2) is 0 Å². The Balaban J connectivity index is 1.39. The molecule has 6 heteroatoms. The molecular weight excluding hydrogens is 344 g/mol. The Morgan fingerprint density at radius 3 is 2.59 bits per heavy atom. The van der Waals surface area contributed by atoms with Crippen LogP contribution in [0.4, 0.5) is 11.4 Å². The molecule has 0 aromatic heterocycles. The Morgan fingerprint density at radius 1 is 1.00 bits per heavy atom. The highest BCUT2D eigenvalue weighted by atomic mass is 16.7. The third kappa shape index (κ3) is 2.90. The molecule has 0 unspecified atom stereocenters. The molecule has 0 atom stereocenters. The summed E-state index contributed by atoms with van der Waals surface area (Å²) in [6.07, 6.45) is 1.69. The molecule has 3 aliphatic rings. The van der Waals surface area contributed by atoms with Gasteiger partial charge in [0.1, 0.15) is 0 Å². The molecule has 1 saturated carbocycles. The summed E-state index contributed by atoms with van der Waals surface area (Å²) in [6, 6.07) is 13.8. The topological polar surface area (TPSA) is 60.0 Å². The Labute approximate surface area is 158 Å². The van der Waals surface area contributed by atoms with Crippen molar-refractivity contribution in [2.75, 3.05) is 43.3 Å². The highest BCUT2D eigenvalue weighted by molar-refractivity contribution is 6.03. The van der Waals surface area contributed by atoms with Crippen molar-refractivity contribution in [2.45, 2.75) is 18.3 Å². The van der Waals surface area contributed by atoms with Crippen LogP contribution in [0.2, 0.25) is 0 Å². The van der Waals surface area contributed by atoms with Crippen LogP contribution in [0.5, 0.6) is 11.5 Å². The van der Waals surface area contributed by atoms with Gasteiger partial charge in [0.2, 0.25) is 12.7 Å². The summed E-state index contributed by atoms with van der Waals surface area (Å²) in [5.74, 6) is 1.51. The van der Waals surface area contributed by atoms with Crippen molar-refractivity contribution < 1.29 is 19.0 Å². The molecular formula is C21H22N2O4. The minimum atomic E-state index is -0.473. The molecule has 1 saturated heterocycles. The van der Waals surface area contributed by atoms with Crippen LogP contribution < -0.4 is 19.7 Å². The second kappa shape index (κ2) is 6.46. The lowest BCUT2D eigenvalue weighted by Crippen LogP contribution is -2.37. The van der Waals surface area contributed by atoms with E-state index < -0.39 is 5.41 Å². The molecule has 27 heavy (non-hydrogen) atoms. The number of morpholine rings is 1. The summed E-state index contributed by atoms with van der Waals surface area (Å²) in [7, 11) is 0. The molecule has 6 nitrogen and oxygen atoms in total. The zero-order valence-electron chi connectivity index (χ0n) is 15.1. The molecule has 1 N–H and O–H groups in total. The van der Waals surface area contributed by atoms with Gasteiger partial charge in [-0.05, 0) is 42.7 Å². The fraction of sp³-hybridized carbons (Fsp3) is 0.381. The van der Waals surface area contributed by atoms with Gasteiger partial charge in [0.05, 0.1) is 30.0 Å². The molecule has 2 fully saturated rings. The molecule has 2 heterocycles. The van der Waals surface area contributed by atoms with Crippen LogP contribution in [0.3, 0.4) is 0 Å². The molecule has 140 valence electrons. The van der Waals surface area contributed by atoms with Crippen molar-refractivity contribution in [3.63, 3.8) is 0 Å². The number of hydrogen-bond donors (Lipinski definition) is 1.